The van der Waals surface area contributed by atoms with Crippen molar-refractivity contribution in [1.82, 2.24) is 9.97 Å². The van der Waals surface area contributed by atoms with Crippen LogP contribution in [0.25, 0.3) is 11.3 Å². The molecule has 0 fully saturated rings. The predicted octanol–water partition coefficient (Wildman–Crippen LogP) is 6.87. The van der Waals surface area contributed by atoms with Crippen LogP contribution in [0.5, 0.6) is 0 Å². The summed E-state index contributed by atoms with van der Waals surface area (Å²) in [6.07, 6.45) is -10.4. The van der Waals surface area contributed by atoms with E-state index in [1.807, 2.05) is 0 Å². The molecule has 2 aromatic carbocycles. The first-order valence-corrected chi connectivity index (χ1v) is 10.2. The second-order valence-corrected chi connectivity index (χ2v) is 7.74. The van der Waals surface area contributed by atoms with Gasteiger partial charge in [-0.05, 0) is 29.8 Å². The Kier molecular flexibility index (Phi) is 7.75. The van der Waals surface area contributed by atoms with Gasteiger partial charge in [0.2, 0.25) is 0 Å². The summed E-state index contributed by atoms with van der Waals surface area (Å²) in [7, 11) is 0. The number of hydrogen-bond donors (Lipinski definition) is 1. The van der Waals surface area contributed by atoms with Gasteiger partial charge in [-0.1, -0.05) is 35.3 Å². The van der Waals surface area contributed by atoms with Crippen molar-refractivity contribution in [1.29, 1.82) is 0 Å². The van der Waals surface area contributed by atoms with Crippen LogP contribution in [0, 0.1) is 5.82 Å². The van der Waals surface area contributed by atoms with Gasteiger partial charge in [0.15, 0.2) is 0 Å². The van der Waals surface area contributed by atoms with Crippen LogP contribution in [0.15, 0.2) is 48.8 Å². The minimum absolute atomic E-state index is 0.0345. The number of anilines is 1. The van der Waals surface area contributed by atoms with Crippen LogP contribution in [-0.2, 0) is 15.7 Å². The minimum Gasteiger partial charge on any atom is -0.449 e. The second-order valence-electron chi connectivity index (χ2n) is 6.93. The summed E-state index contributed by atoms with van der Waals surface area (Å²) in [6, 6.07) is 7.23. The second kappa shape index (κ2) is 10.2. The third kappa shape index (κ3) is 6.73. The fraction of sp³-hybridized carbons (Fsp3) is 0.190. The standard InChI is InChI=1S/C21H12Cl2F7N3O2/c22-13-5-10(1-3-12(13)20(25,26)27)16-7-18(33-9-32-16)31-8-17(35-19(34)21(28,29)30)11-2-4-15(24)14(23)6-11/h1-7,9,17H,8H2,(H,31,32,33). The van der Waals surface area contributed by atoms with Gasteiger partial charge in [-0.25, -0.2) is 19.2 Å². The molecule has 1 N–H and O–H groups in total. The molecule has 0 aliphatic rings. The molecule has 186 valence electrons. The van der Waals surface area contributed by atoms with Gasteiger partial charge in [0.25, 0.3) is 0 Å². The third-order valence-corrected chi connectivity index (χ3v) is 5.10. The fourth-order valence-electron chi connectivity index (χ4n) is 2.85. The van der Waals surface area contributed by atoms with E-state index in [-0.39, 0.29) is 22.6 Å². The average Bonchev–Trinajstić information content (AvgIpc) is 2.77. The molecule has 14 heteroatoms. The molecule has 0 amide bonds. The van der Waals surface area contributed by atoms with Crippen LogP contribution in [0.1, 0.15) is 17.2 Å². The lowest BCUT2D eigenvalue weighted by Crippen LogP contribution is -2.29. The van der Waals surface area contributed by atoms with Crippen LogP contribution < -0.4 is 5.32 Å². The van der Waals surface area contributed by atoms with Crippen molar-refractivity contribution < 1.29 is 40.3 Å². The molecule has 3 aromatic rings. The number of carbonyl (C=O) groups is 1. The zero-order chi connectivity index (χ0) is 26.0. The first-order valence-electron chi connectivity index (χ1n) is 9.41. The molecule has 0 bridgehead atoms. The molecule has 1 heterocycles. The molecule has 35 heavy (non-hydrogen) atoms. The third-order valence-electron chi connectivity index (χ3n) is 4.50. The molecular formula is C21H12Cl2F7N3O2. The van der Waals surface area contributed by atoms with Crippen molar-refractivity contribution in [2.45, 2.75) is 18.5 Å². The van der Waals surface area contributed by atoms with E-state index in [0.717, 1.165) is 42.7 Å². The maximum absolute atomic E-state index is 13.5. The number of nitrogens with zero attached hydrogens (tertiary/aromatic N) is 2. The van der Waals surface area contributed by atoms with E-state index in [1.165, 1.54) is 6.07 Å². The molecule has 1 atom stereocenters. The van der Waals surface area contributed by atoms with Gasteiger partial charge in [0.1, 0.15) is 24.1 Å². The summed E-state index contributed by atoms with van der Waals surface area (Å²) in [4.78, 5) is 19.2. The molecule has 3 rings (SSSR count). The van der Waals surface area contributed by atoms with Crippen LogP contribution in [0.4, 0.5) is 36.6 Å². The first-order chi connectivity index (χ1) is 16.3. The summed E-state index contributed by atoms with van der Waals surface area (Å²) < 4.78 is 94.9. The molecule has 0 aliphatic carbocycles. The summed E-state index contributed by atoms with van der Waals surface area (Å²) >= 11 is 11.4. The van der Waals surface area contributed by atoms with E-state index < -0.39 is 52.4 Å². The quantitative estimate of drug-likeness (QED) is 0.272. The lowest BCUT2D eigenvalue weighted by atomic mass is 10.1. The zero-order valence-corrected chi connectivity index (χ0v) is 18.5. The molecule has 0 aliphatic heterocycles. The number of ether oxygens (including phenoxy) is 1. The number of nitrogens with one attached hydrogen (secondary N) is 1. The molecule has 0 saturated heterocycles. The number of aromatic nitrogens is 2. The van der Waals surface area contributed by atoms with Crippen LogP contribution in [0.2, 0.25) is 10.0 Å². The maximum atomic E-state index is 13.5. The average molecular weight is 542 g/mol. The van der Waals surface area contributed by atoms with E-state index in [0.29, 0.717) is 0 Å². The Balaban J connectivity index is 1.84. The number of halogens is 9. The highest BCUT2D eigenvalue weighted by molar-refractivity contribution is 6.31. The molecule has 1 unspecified atom stereocenters. The van der Waals surface area contributed by atoms with Crippen LogP contribution in [-0.4, -0.2) is 28.7 Å². The van der Waals surface area contributed by atoms with Crippen molar-refractivity contribution in [3.8, 4) is 11.3 Å². The van der Waals surface area contributed by atoms with Gasteiger partial charge >= 0.3 is 18.3 Å². The SMILES string of the molecule is O=C(OC(CNc1cc(-c2ccc(C(F)(F)F)c(Cl)c2)ncn1)c1ccc(F)c(Cl)c1)C(F)(F)F. The van der Waals surface area contributed by atoms with Gasteiger partial charge in [-0.3, -0.25) is 0 Å². The van der Waals surface area contributed by atoms with Crippen LogP contribution in [0.3, 0.4) is 0 Å². The minimum atomic E-state index is -5.29. The Morgan fingerprint density at radius 1 is 0.971 bits per heavy atom. The van der Waals surface area contributed by atoms with Crippen molar-refractivity contribution >= 4 is 35.0 Å². The van der Waals surface area contributed by atoms with Crippen molar-refractivity contribution in [3.63, 3.8) is 0 Å². The summed E-state index contributed by atoms with van der Waals surface area (Å²) in [5.41, 5.74) is -0.724. The number of rotatable bonds is 6. The van der Waals surface area contributed by atoms with E-state index >= 15 is 0 Å². The Morgan fingerprint density at radius 2 is 1.69 bits per heavy atom. The Labute approximate surface area is 202 Å². The Hall–Kier alpha value is -3.12. The fourth-order valence-corrected chi connectivity index (χ4v) is 3.33. The van der Waals surface area contributed by atoms with Gasteiger partial charge in [0.05, 0.1) is 27.8 Å². The predicted molar refractivity (Wildman–Crippen MR) is 112 cm³/mol. The topological polar surface area (TPSA) is 64.1 Å². The molecular weight excluding hydrogens is 530 g/mol. The Morgan fingerprint density at radius 3 is 2.29 bits per heavy atom. The van der Waals surface area contributed by atoms with Crippen molar-refractivity contribution in [3.05, 3.63) is 75.8 Å². The number of carbonyl (C=O) groups excluding carboxylic acids is 1. The normalized spacial score (nSPS) is 12.8. The number of esters is 1. The maximum Gasteiger partial charge on any atom is 0.490 e. The summed E-state index contributed by atoms with van der Waals surface area (Å²) in [6.45, 7) is -0.450. The summed E-state index contributed by atoms with van der Waals surface area (Å²) in [5.74, 6) is -3.28. The lowest BCUT2D eigenvalue weighted by molar-refractivity contribution is -0.204. The highest BCUT2D eigenvalue weighted by Gasteiger charge is 2.42. The van der Waals surface area contributed by atoms with Crippen LogP contribution >= 0.6 is 23.2 Å². The van der Waals surface area contributed by atoms with Gasteiger partial charge in [-0.2, -0.15) is 26.3 Å². The first kappa shape index (κ1) is 26.5. The van der Waals surface area contributed by atoms with E-state index in [9.17, 15) is 35.5 Å². The van der Waals surface area contributed by atoms with Gasteiger partial charge in [0, 0.05) is 11.6 Å². The number of hydrogen-bond acceptors (Lipinski definition) is 5. The van der Waals surface area contributed by atoms with Crippen molar-refractivity contribution in [2.24, 2.45) is 0 Å². The lowest BCUT2D eigenvalue weighted by Gasteiger charge is -2.20. The summed E-state index contributed by atoms with van der Waals surface area (Å²) in [5, 5.41) is 1.69. The highest BCUT2D eigenvalue weighted by Crippen LogP contribution is 2.36. The smallest absolute Gasteiger partial charge is 0.449 e. The molecule has 0 radical (unpaired) electrons. The van der Waals surface area contributed by atoms with Gasteiger partial charge < -0.3 is 10.1 Å². The largest absolute Gasteiger partial charge is 0.490 e. The van der Waals surface area contributed by atoms with E-state index in [2.05, 4.69) is 20.0 Å². The Bertz CT molecular complexity index is 1240. The van der Waals surface area contributed by atoms with Crippen molar-refractivity contribution in [2.75, 3.05) is 11.9 Å². The van der Waals surface area contributed by atoms with E-state index in [1.54, 1.807) is 0 Å². The molecule has 5 nitrogen and oxygen atoms in total. The highest BCUT2D eigenvalue weighted by atomic mass is 35.5. The number of alkyl halides is 6. The molecule has 0 spiro atoms. The van der Waals surface area contributed by atoms with Gasteiger partial charge in [-0.15, -0.1) is 0 Å². The van der Waals surface area contributed by atoms with E-state index in [4.69, 9.17) is 23.2 Å². The molecule has 1 aromatic heterocycles. The number of benzene rings is 2. The monoisotopic (exact) mass is 541 g/mol. The molecule has 0 saturated carbocycles. The zero-order valence-electron chi connectivity index (χ0n) is 17.0.